The topological polar surface area (TPSA) is 62.0 Å². The second-order valence-corrected chi connectivity index (χ2v) is 4.12. The van der Waals surface area contributed by atoms with E-state index in [-0.39, 0.29) is 12.2 Å². The molecule has 0 aliphatic carbocycles. The maximum absolute atomic E-state index is 5.62. The van der Waals surface area contributed by atoms with Crippen LogP contribution >= 0.6 is 0 Å². The van der Waals surface area contributed by atoms with Crippen molar-refractivity contribution >= 4 is 0 Å². The number of epoxide rings is 2. The molecule has 3 fully saturated rings. The van der Waals surface area contributed by atoms with E-state index in [9.17, 15) is 0 Å². The molecule has 3 rings (SSSR count). The van der Waals surface area contributed by atoms with Crippen LogP contribution in [0.1, 0.15) is 0 Å². The third-order valence-electron chi connectivity index (χ3n) is 2.61. The summed E-state index contributed by atoms with van der Waals surface area (Å²) in [7, 11) is 0. The SMILES string of the molecule is C1COC(OCC2CO2)(OCC2CO2)CO1. The molecule has 0 spiro atoms. The van der Waals surface area contributed by atoms with Crippen LogP contribution in [0, 0.1) is 0 Å². The lowest BCUT2D eigenvalue weighted by molar-refractivity contribution is -0.415. The first-order valence-electron chi connectivity index (χ1n) is 5.59. The predicted octanol–water partition coefficient (Wildman–Crippen LogP) is -0.482. The van der Waals surface area contributed by atoms with Crippen molar-refractivity contribution < 1.29 is 28.4 Å². The lowest BCUT2D eigenvalue weighted by Crippen LogP contribution is -2.49. The summed E-state index contributed by atoms with van der Waals surface area (Å²) in [6, 6.07) is 0. The van der Waals surface area contributed by atoms with Crippen molar-refractivity contribution in [2.75, 3.05) is 46.2 Å². The normalized spacial score (nSPS) is 42.0. The minimum atomic E-state index is -1.06. The minimum absolute atomic E-state index is 0.183. The van der Waals surface area contributed by atoms with Gasteiger partial charge in [-0.25, -0.2) is 0 Å². The fraction of sp³-hybridized carbons (Fsp3) is 1.00. The van der Waals surface area contributed by atoms with E-state index < -0.39 is 5.97 Å². The van der Waals surface area contributed by atoms with E-state index in [4.69, 9.17) is 28.4 Å². The zero-order chi connectivity index (χ0) is 10.8. The molecule has 0 aromatic carbocycles. The second-order valence-electron chi connectivity index (χ2n) is 4.12. The van der Waals surface area contributed by atoms with Crippen molar-refractivity contribution in [3.63, 3.8) is 0 Å². The number of rotatable bonds is 6. The first-order valence-corrected chi connectivity index (χ1v) is 5.59. The Hall–Kier alpha value is -0.240. The van der Waals surface area contributed by atoms with Gasteiger partial charge in [0, 0.05) is 0 Å². The molecule has 3 heterocycles. The van der Waals surface area contributed by atoms with Crippen LogP contribution < -0.4 is 0 Å². The van der Waals surface area contributed by atoms with Crippen LogP contribution in [0.4, 0.5) is 0 Å². The molecule has 3 aliphatic heterocycles. The highest BCUT2D eigenvalue weighted by molar-refractivity contribution is 4.73. The number of hydrogen-bond acceptors (Lipinski definition) is 6. The molecule has 0 bridgehead atoms. The largest absolute Gasteiger partial charge is 0.371 e. The van der Waals surface area contributed by atoms with Crippen molar-refractivity contribution in [2.45, 2.75) is 18.2 Å². The molecule has 6 heteroatoms. The van der Waals surface area contributed by atoms with E-state index in [0.717, 1.165) is 13.2 Å². The smallest absolute Gasteiger partial charge is 0.308 e. The molecule has 3 saturated heterocycles. The summed E-state index contributed by atoms with van der Waals surface area (Å²) < 4.78 is 32.3. The summed E-state index contributed by atoms with van der Waals surface area (Å²) in [5, 5.41) is 0. The van der Waals surface area contributed by atoms with Crippen molar-refractivity contribution in [3.8, 4) is 0 Å². The Labute approximate surface area is 93.7 Å². The van der Waals surface area contributed by atoms with Gasteiger partial charge in [0.1, 0.15) is 18.8 Å². The molecule has 0 amide bonds. The Morgan fingerprint density at radius 3 is 2.06 bits per heavy atom. The molecule has 0 saturated carbocycles. The minimum Gasteiger partial charge on any atom is -0.371 e. The highest BCUT2D eigenvalue weighted by Crippen LogP contribution is 2.24. The van der Waals surface area contributed by atoms with E-state index in [1.54, 1.807) is 0 Å². The van der Waals surface area contributed by atoms with Crippen LogP contribution in [0.3, 0.4) is 0 Å². The van der Waals surface area contributed by atoms with Gasteiger partial charge in [0.2, 0.25) is 0 Å². The summed E-state index contributed by atoms with van der Waals surface area (Å²) >= 11 is 0. The Bertz CT molecular complexity index is 213. The van der Waals surface area contributed by atoms with Gasteiger partial charge in [0.15, 0.2) is 0 Å². The van der Waals surface area contributed by atoms with Crippen molar-refractivity contribution in [1.29, 1.82) is 0 Å². The van der Waals surface area contributed by atoms with Gasteiger partial charge < -0.3 is 28.4 Å². The summed E-state index contributed by atoms with van der Waals surface area (Å²) in [5.41, 5.74) is 0. The lowest BCUT2D eigenvalue weighted by Gasteiger charge is -2.35. The second kappa shape index (κ2) is 4.56. The molecule has 0 N–H and O–H groups in total. The Morgan fingerprint density at radius 1 is 1.00 bits per heavy atom. The molecule has 2 atom stereocenters. The summed E-state index contributed by atoms with van der Waals surface area (Å²) in [6.07, 6.45) is 0.367. The Kier molecular flexibility index (Phi) is 3.10. The fourth-order valence-corrected chi connectivity index (χ4v) is 1.47. The molecule has 6 nitrogen and oxygen atoms in total. The molecule has 92 valence electrons. The van der Waals surface area contributed by atoms with Gasteiger partial charge in [0.25, 0.3) is 0 Å². The lowest BCUT2D eigenvalue weighted by atomic mass is 10.4. The van der Waals surface area contributed by atoms with Crippen molar-refractivity contribution in [2.24, 2.45) is 0 Å². The van der Waals surface area contributed by atoms with E-state index in [2.05, 4.69) is 0 Å². The van der Waals surface area contributed by atoms with Gasteiger partial charge in [-0.1, -0.05) is 0 Å². The predicted molar refractivity (Wildman–Crippen MR) is 50.9 cm³/mol. The van der Waals surface area contributed by atoms with Crippen molar-refractivity contribution in [1.82, 2.24) is 0 Å². The van der Waals surface area contributed by atoms with Gasteiger partial charge in [-0.15, -0.1) is 0 Å². The standard InChI is InChI=1S/C10H16O6/c1-2-14-10(7-11-1,15-5-8-3-12-8)16-6-9-4-13-9/h8-9H,1-7H2. The molecule has 0 radical (unpaired) electrons. The molecule has 2 unspecified atom stereocenters. The third-order valence-corrected chi connectivity index (χ3v) is 2.61. The quantitative estimate of drug-likeness (QED) is 0.455. The molecular formula is C10H16O6. The monoisotopic (exact) mass is 232 g/mol. The Morgan fingerprint density at radius 2 is 1.62 bits per heavy atom. The maximum atomic E-state index is 5.62. The molecule has 0 aromatic heterocycles. The number of hydrogen-bond donors (Lipinski definition) is 0. The van der Waals surface area contributed by atoms with Gasteiger partial charge in [-0.05, 0) is 0 Å². The van der Waals surface area contributed by atoms with Crippen LogP contribution in [-0.2, 0) is 28.4 Å². The maximum Gasteiger partial charge on any atom is 0.308 e. The van der Waals surface area contributed by atoms with E-state index in [0.29, 0.717) is 33.0 Å². The van der Waals surface area contributed by atoms with E-state index >= 15 is 0 Å². The van der Waals surface area contributed by atoms with Crippen LogP contribution in [-0.4, -0.2) is 64.4 Å². The fourth-order valence-electron chi connectivity index (χ4n) is 1.47. The summed E-state index contributed by atoms with van der Waals surface area (Å²) in [5.74, 6) is -1.06. The van der Waals surface area contributed by atoms with Gasteiger partial charge in [-0.2, -0.15) is 0 Å². The Balaban J connectivity index is 1.50. The molecule has 3 aliphatic rings. The highest BCUT2D eigenvalue weighted by Gasteiger charge is 2.41. The van der Waals surface area contributed by atoms with Crippen LogP contribution in [0.2, 0.25) is 0 Å². The van der Waals surface area contributed by atoms with Crippen molar-refractivity contribution in [3.05, 3.63) is 0 Å². The summed E-state index contributed by atoms with van der Waals surface area (Å²) in [4.78, 5) is 0. The number of ether oxygens (including phenoxy) is 6. The van der Waals surface area contributed by atoms with Crippen LogP contribution in [0.15, 0.2) is 0 Å². The van der Waals surface area contributed by atoms with Crippen LogP contribution in [0.5, 0.6) is 0 Å². The summed E-state index contributed by atoms with van der Waals surface area (Å²) in [6.45, 7) is 3.83. The zero-order valence-corrected chi connectivity index (χ0v) is 9.05. The molecular weight excluding hydrogens is 216 g/mol. The average molecular weight is 232 g/mol. The van der Waals surface area contributed by atoms with Crippen LogP contribution in [0.25, 0.3) is 0 Å². The average Bonchev–Trinajstić information content (AvgIpc) is 3.18. The first-order chi connectivity index (χ1) is 7.86. The molecule has 0 aromatic rings. The highest BCUT2D eigenvalue weighted by atomic mass is 16.9. The first kappa shape index (κ1) is 10.9. The van der Waals surface area contributed by atoms with E-state index in [1.807, 2.05) is 0 Å². The third kappa shape index (κ3) is 2.91. The van der Waals surface area contributed by atoms with Gasteiger partial charge in [0.05, 0.1) is 39.6 Å². The molecule has 16 heavy (non-hydrogen) atoms. The van der Waals surface area contributed by atoms with E-state index in [1.165, 1.54) is 0 Å². The zero-order valence-electron chi connectivity index (χ0n) is 9.05. The van der Waals surface area contributed by atoms with Gasteiger partial charge in [-0.3, -0.25) is 0 Å². The van der Waals surface area contributed by atoms with Gasteiger partial charge >= 0.3 is 5.97 Å².